The average Bonchev–Trinajstić information content (AvgIpc) is 3.57. The minimum absolute atomic E-state index is 0.0219. The molecule has 238 valence electrons. The second-order valence-electron chi connectivity index (χ2n) is 13.7. The first-order chi connectivity index (χ1) is 22.9. The van der Waals surface area contributed by atoms with Gasteiger partial charge in [0.15, 0.2) is 5.60 Å². The largest absolute Gasteiger partial charge is 0.456 e. The lowest BCUT2D eigenvalue weighted by molar-refractivity contribution is -0.172. The molecule has 1 fully saturated rings. The fourth-order valence-electron chi connectivity index (χ4n) is 9.34. The van der Waals surface area contributed by atoms with Crippen LogP contribution in [-0.2, 0) is 50.4 Å². The van der Waals surface area contributed by atoms with Crippen molar-refractivity contribution in [3.8, 4) is 11.5 Å². The number of hydrogen-bond donors (Lipinski definition) is 0. The van der Waals surface area contributed by atoms with Crippen LogP contribution in [0.25, 0.3) is 0 Å². The fourth-order valence-corrected chi connectivity index (χ4v) is 9.34. The molecule has 0 bridgehead atoms. The number of carbonyl (C=O) groups excluding carboxylic acids is 4. The minimum Gasteiger partial charge on any atom is -0.456 e. The summed E-state index contributed by atoms with van der Waals surface area (Å²) in [6.07, 6.45) is 7.64. The molecule has 10 rings (SSSR count). The van der Waals surface area contributed by atoms with Crippen molar-refractivity contribution < 1.29 is 33.5 Å². The summed E-state index contributed by atoms with van der Waals surface area (Å²) < 4.78 is 13.8. The molecule has 47 heavy (non-hydrogen) atoms. The van der Waals surface area contributed by atoms with Crippen LogP contribution in [-0.4, -0.2) is 55.0 Å². The normalized spacial score (nSPS) is 21.0. The number of hydrogen-bond acceptors (Lipinski definition) is 9. The maximum atomic E-state index is 14.2. The van der Waals surface area contributed by atoms with Crippen molar-refractivity contribution in [2.75, 3.05) is 36.0 Å². The van der Waals surface area contributed by atoms with Gasteiger partial charge in [0.2, 0.25) is 0 Å². The predicted octanol–water partition coefficient (Wildman–Crippen LogP) is 4.87. The molecule has 2 amide bonds. The third-order valence-corrected chi connectivity index (χ3v) is 11.2. The summed E-state index contributed by atoms with van der Waals surface area (Å²) in [5.74, 6) is -1.24. The van der Waals surface area contributed by atoms with Crippen LogP contribution in [0.4, 0.5) is 11.4 Å². The molecule has 10 nitrogen and oxygen atoms in total. The molecule has 3 aromatic carbocycles. The number of nitrogens with zero attached hydrogens (tertiary/aromatic N) is 3. The van der Waals surface area contributed by atoms with Gasteiger partial charge in [0.1, 0.15) is 11.5 Å². The molecular weight excluding hydrogens is 598 g/mol. The average molecular weight is 632 g/mol. The van der Waals surface area contributed by atoms with E-state index in [4.69, 9.17) is 14.3 Å². The fraction of sp³-hybridized carbons (Fsp3) is 0.405. The zero-order valence-electron chi connectivity index (χ0n) is 26.0. The summed E-state index contributed by atoms with van der Waals surface area (Å²) in [4.78, 5) is 62.7. The van der Waals surface area contributed by atoms with Crippen LogP contribution in [0, 0.1) is 0 Å². The summed E-state index contributed by atoms with van der Waals surface area (Å²) in [5, 5.41) is 0.516. The molecule has 7 aliphatic heterocycles. The van der Waals surface area contributed by atoms with Crippen LogP contribution >= 0.6 is 0 Å². The van der Waals surface area contributed by atoms with E-state index in [1.54, 1.807) is 6.07 Å². The maximum Gasteiger partial charge on any atom is 0.364 e. The van der Waals surface area contributed by atoms with Gasteiger partial charge in [-0.3, -0.25) is 9.59 Å². The molecule has 0 atom stereocenters. The van der Waals surface area contributed by atoms with Crippen LogP contribution in [0.15, 0.2) is 30.3 Å². The Morgan fingerprint density at radius 3 is 1.83 bits per heavy atom. The van der Waals surface area contributed by atoms with Gasteiger partial charge in [0.05, 0.1) is 11.1 Å². The number of aryl methyl sites for hydroxylation is 2. The molecule has 3 aromatic rings. The van der Waals surface area contributed by atoms with Gasteiger partial charge in [-0.25, -0.2) is 9.59 Å². The number of ether oxygens (including phenoxy) is 2. The number of carbonyl (C=O) groups is 4. The summed E-state index contributed by atoms with van der Waals surface area (Å²) >= 11 is 0. The molecule has 0 N–H and O–H groups in total. The zero-order chi connectivity index (χ0) is 31.6. The highest BCUT2D eigenvalue weighted by Crippen LogP contribution is 2.62. The minimum atomic E-state index is -1.35. The highest BCUT2D eigenvalue weighted by atomic mass is 16.7. The summed E-state index contributed by atoms with van der Waals surface area (Å²) in [5.41, 5.74) is 8.15. The van der Waals surface area contributed by atoms with E-state index in [2.05, 4.69) is 21.9 Å². The SMILES string of the molecule is O=C(ON1C(=O)CCC1=O)c1cccc2c1C(=O)OC21c2cc3c4c(c2Oc2c1cc1c5c2CCCN5CCC1)CCCN4CCC3. The standard InChI is InChI=1S/C37H33N3O7/c41-28-12-13-29(42)40(28)47-35(43)22-8-1-11-25-30(22)36(44)46-37(25)26-18-20-6-2-14-38-16-4-9-23(31(20)38)33(26)45-34-24-10-5-17-39-15-3-7-21(32(24)39)19-27(34)37/h1,8,11,18-19H,2-7,9-10,12-17H2. The van der Waals surface area contributed by atoms with Gasteiger partial charge in [-0.05, 0) is 80.7 Å². The van der Waals surface area contributed by atoms with Crippen LogP contribution in [0.2, 0.25) is 0 Å². The quantitative estimate of drug-likeness (QED) is 0.289. The van der Waals surface area contributed by atoms with E-state index in [1.165, 1.54) is 28.6 Å². The molecule has 1 saturated heterocycles. The Bertz CT molecular complexity index is 1900. The molecule has 0 saturated carbocycles. The third kappa shape index (κ3) is 3.56. The van der Waals surface area contributed by atoms with E-state index in [0.29, 0.717) is 10.6 Å². The lowest BCUT2D eigenvalue weighted by Crippen LogP contribution is -2.40. The smallest absolute Gasteiger partial charge is 0.364 e. The number of hydroxylamine groups is 2. The van der Waals surface area contributed by atoms with E-state index >= 15 is 0 Å². The molecule has 0 aromatic heterocycles. The second kappa shape index (κ2) is 9.59. The number of benzene rings is 3. The predicted molar refractivity (Wildman–Crippen MR) is 169 cm³/mol. The number of anilines is 2. The van der Waals surface area contributed by atoms with Gasteiger partial charge < -0.3 is 24.1 Å². The van der Waals surface area contributed by atoms with Crippen LogP contribution in [0.1, 0.15) is 98.2 Å². The Morgan fingerprint density at radius 2 is 1.26 bits per heavy atom. The summed E-state index contributed by atoms with van der Waals surface area (Å²) in [6, 6.07) is 9.44. The summed E-state index contributed by atoms with van der Waals surface area (Å²) in [7, 11) is 0. The Hall–Kier alpha value is -4.86. The summed E-state index contributed by atoms with van der Waals surface area (Å²) in [6.45, 7) is 4.05. The van der Waals surface area contributed by atoms with E-state index < -0.39 is 29.4 Å². The number of esters is 1. The van der Waals surface area contributed by atoms with Crippen molar-refractivity contribution in [3.05, 3.63) is 80.4 Å². The first kappa shape index (κ1) is 27.3. The van der Waals surface area contributed by atoms with Gasteiger partial charge in [-0.1, -0.05) is 12.1 Å². The highest BCUT2D eigenvalue weighted by Gasteiger charge is 2.57. The first-order valence-corrected chi connectivity index (χ1v) is 16.9. The Balaban J connectivity index is 1.24. The molecule has 7 heterocycles. The molecule has 1 spiro atoms. The van der Waals surface area contributed by atoms with Crippen molar-refractivity contribution in [2.24, 2.45) is 0 Å². The number of amides is 2. The van der Waals surface area contributed by atoms with E-state index in [-0.39, 0.29) is 24.0 Å². The van der Waals surface area contributed by atoms with Gasteiger partial charge in [-0.15, -0.1) is 5.06 Å². The first-order valence-electron chi connectivity index (χ1n) is 16.9. The van der Waals surface area contributed by atoms with E-state index in [0.717, 1.165) is 111 Å². The Labute approximate surface area is 271 Å². The molecule has 0 radical (unpaired) electrons. The van der Waals surface area contributed by atoms with E-state index in [9.17, 15) is 19.2 Å². The zero-order valence-corrected chi connectivity index (χ0v) is 26.0. The number of fused-ring (bicyclic) bond motifs is 8. The highest BCUT2D eigenvalue weighted by molar-refractivity contribution is 6.09. The van der Waals surface area contributed by atoms with Crippen LogP contribution in [0.3, 0.4) is 0 Å². The molecular formula is C37H33N3O7. The van der Waals surface area contributed by atoms with Crippen molar-refractivity contribution >= 4 is 35.1 Å². The topological polar surface area (TPSA) is 106 Å². The van der Waals surface area contributed by atoms with Gasteiger partial charge in [0.25, 0.3) is 11.8 Å². The number of rotatable bonds is 2. The molecule has 10 heteroatoms. The molecule has 0 unspecified atom stereocenters. The second-order valence-corrected chi connectivity index (χ2v) is 13.7. The maximum absolute atomic E-state index is 14.2. The van der Waals surface area contributed by atoms with Crippen LogP contribution < -0.4 is 14.5 Å². The Morgan fingerprint density at radius 1 is 0.702 bits per heavy atom. The van der Waals surface area contributed by atoms with Gasteiger partial charge in [0, 0.05) is 78.2 Å². The monoisotopic (exact) mass is 631 g/mol. The van der Waals surface area contributed by atoms with Crippen molar-refractivity contribution in [1.29, 1.82) is 0 Å². The molecule has 0 aliphatic carbocycles. The number of imide groups is 1. The lowest BCUT2D eigenvalue weighted by Gasteiger charge is -2.45. The Kier molecular flexibility index (Phi) is 5.56. The van der Waals surface area contributed by atoms with E-state index in [1.807, 2.05) is 6.07 Å². The van der Waals surface area contributed by atoms with Gasteiger partial charge in [-0.2, -0.15) is 0 Å². The third-order valence-electron chi connectivity index (χ3n) is 11.2. The van der Waals surface area contributed by atoms with Gasteiger partial charge >= 0.3 is 11.9 Å². The van der Waals surface area contributed by atoms with Crippen molar-refractivity contribution in [2.45, 2.75) is 69.8 Å². The van der Waals surface area contributed by atoms with Crippen LogP contribution in [0.5, 0.6) is 11.5 Å². The lowest BCUT2D eigenvalue weighted by atomic mass is 9.72. The van der Waals surface area contributed by atoms with Crippen molar-refractivity contribution in [1.82, 2.24) is 5.06 Å². The molecule has 7 aliphatic rings. The van der Waals surface area contributed by atoms with Crippen molar-refractivity contribution in [3.63, 3.8) is 0 Å².